The molecule has 0 aliphatic rings. The molecular formula is C24H20ClN5O3. The number of hydrogen-bond donors (Lipinski definition) is 1. The van der Waals surface area contributed by atoms with Gasteiger partial charge in [-0.1, -0.05) is 47.5 Å². The summed E-state index contributed by atoms with van der Waals surface area (Å²) in [6, 6.07) is 19.1. The van der Waals surface area contributed by atoms with Crippen molar-refractivity contribution in [2.24, 2.45) is 0 Å². The number of amides is 1. The Labute approximate surface area is 194 Å². The molecular weight excluding hydrogens is 442 g/mol. The molecule has 4 rings (SSSR count). The van der Waals surface area contributed by atoms with Gasteiger partial charge in [0, 0.05) is 11.2 Å². The van der Waals surface area contributed by atoms with Gasteiger partial charge in [-0.05, 0) is 48.9 Å². The number of hydrogen-bond acceptors (Lipinski definition) is 5. The van der Waals surface area contributed by atoms with Gasteiger partial charge in [0.25, 0.3) is 11.5 Å². The zero-order valence-electron chi connectivity index (χ0n) is 17.7. The van der Waals surface area contributed by atoms with E-state index in [1.165, 1.54) is 0 Å². The van der Waals surface area contributed by atoms with Crippen LogP contribution in [0.1, 0.15) is 27.3 Å². The molecule has 0 aliphatic heterocycles. The molecule has 0 aliphatic carbocycles. The van der Waals surface area contributed by atoms with Crippen molar-refractivity contribution in [3.8, 4) is 5.69 Å². The lowest BCUT2D eigenvalue weighted by Crippen LogP contribution is -2.46. The fourth-order valence-electron chi connectivity index (χ4n) is 3.30. The number of aryl methyl sites for hydroxylation is 1. The first kappa shape index (κ1) is 22.2. The second kappa shape index (κ2) is 9.62. The van der Waals surface area contributed by atoms with Crippen molar-refractivity contribution in [3.63, 3.8) is 0 Å². The van der Waals surface area contributed by atoms with Crippen LogP contribution >= 0.6 is 11.6 Å². The highest BCUT2D eigenvalue weighted by Crippen LogP contribution is 2.11. The highest BCUT2D eigenvalue weighted by molar-refractivity contribution is 6.30. The minimum Gasteiger partial charge on any atom is -0.345 e. The lowest BCUT2D eigenvalue weighted by atomic mass is 10.1. The summed E-state index contributed by atoms with van der Waals surface area (Å²) in [5, 5.41) is 7.23. The largest absolute Gasteiger partial charge is 0.352 e. The van der Waals surface area contributed by atoms with E-state index in [-0.39, 0.29) is 13.1 Å². The minimum atomic E-state index is -0.773. The summed E-state index contributed by atoms with van der Waals surface area (Å²) >= 11 is 5.97. The van der Waals surface area contributed by atoms with Gasteiger partial charge in [-0.3, -0.25) is 19.1 Å². The number of carbonyl (C=O) groups is 1. The first-order valence-electron chi connectivity index (χ1n) is 10.2. The predicted octanol–water partition coefficient (Wildman–Crippen LogP) is 2.73. The van der Waals surface area contributed by atoms with Crippen molar-refractivity contribution in [1.82, 2.24) is 24.6 Å². The molecule has 9 heteroatoms. The lowest BCUT2D eigenvalue weighted by Gasteiger charge is -2.13. The molecule has 0 saturated heterocycles. The molecule has 0 atom stereocenters. The van der Waals surface area contributed by atoms with Crippen LogP contribution in [0.5, 0.6) is 0 Å². The molecule has 0 saturated carbocycles. The minimum absolute atomic E-state index is 0.00399. The average Bonchev–Trinajstić information content (AvgIpc) is 2.82. The fraction of sp³-hybridized carbons (Fsp3) is 0.125. The molecule has 4 aromatic rings. The third-order valence-corrected chi connectivity index (χ3v) is 5.18. The van der Waals surface area contributed by atoms with Crippen LogP contribution in [0.4, 0.5) is 0 Å². The number of aromatic nitrogens is 4. The SMILES string of the molecule is Cc1cccc(Cn2c(=O)c(C(=O)NCc3ccccn3)nn(-c3ccc(Cl)cc3)c2=O)c1. The summed E-state index contributed by atoms with van der Waals surface area (Å²) in [6.07, 6.45) is 1.61. The van der Waals surface area contributed by atoms with Crippen LogP contribution in [-0.4, -0.2) is 25.2 Å². The number of nitrogens with one attached hydrogen (secondary N) is 1. The van der Waals surface area contributed by atoms with Crippen molar-refractivity contribution in [2.75, 3.05) is 0 Å². The van der Waals surface area contributed by atoms with E-state index in [4.69, 9.17) is 11.6 Å². The van der Waals surface area contributed by atoms with E-state index >= 15 is 0 Å². The van der Waals surface area contributed by atoms with Gasteiger partial charge in [0.15, 0.2) is 0 Å². The maximum Gasteiger partial charge on any atom is 0.352 e. The molecule has 0 radical (unpaired) electrons. The normalized spacial score (nSPS) is 10.7. The predicted molar refractivity (Wildman–Crippen MR) is 125 cm³/mol. The fourth-order valence-corrected chi connectivity index (χ4v) is 3.42. The van der Waals surface area contributed by atoms with Crippen LogP contribution in [0.25, 0.3) is 5.69 Å². The van der Waals surface area contributed by atoms with Crippen molar-refractivity contribution in [3.05, 3.63) is 121 Å². The maximum absolute atomic E-state index is 13.2. The first-order chi connectivity index (χ1) is 15.9. The Morgan fingerprint density at radius 3 is 2.52 bits per heavy atom. The highest BCUT2D eigenvalue weighted by atomic mass is 35.5. The molecule has 2 aromatic carbocycles. The zero-order valence-corrected chi connectivity index (χ0v) is 18.5. The molecule has 8 nitrogen and oxygen atoms in total. The van der Waals surface area contributed by atoms with Crippen LogP contribution in [0.3, 0.4) is 0 Å². The molecule has 0 bridgehead atoms. The van der Waals surface area contributed by atoms with Crippen molar-refractivity contribution < 1.29 is 4.79 Å². The zero-order chi connectivity index (χ0) is 23.4. The Morgan fingerprint density at radius 2 is 1.82 bits per heavy atom. The monoisotopic (exact) mass is 461 g/mol. The summed E-state index contributed by atoms with van der Waals surface area (Å²) in [4.78, 5) is 43.4. The molecule has 2 heterocycles. The standard InChI is InChI=1S/C24H20ClN5O3/c1-16-5-4-6-17(13-16)15-29-23(32)21(22(31)27-14-19-7-2-3-12-26-19)28-30(24(29)33)20-10-8-18(25)9-11-20/h2-13H,14-15H2,1H3,(H,27,31). The molecule has 166 valence electrons. The number of nitrogens with zero attached hydrogens (tertiary/aromatic N) is 4. The van der Waals surface area contributed by atoms with E-state index < -0.39 is 22.9 Å². The van der Waals surface area contributed by atoms with E-state index in [1.54, 1.807) is 48.7 Å². The average molecular weight is 462 g/mol. The smallest absolute Gasteiger partial charge is 0.345 e. The van der Waals surface area contributed by atoms with Crippen molar-refractivity contribution in [2.45, 2.75) is 20.0 Å². The third kappa shape index (κ3) is 5.07. The molecule has 1 amide bonds. The number of rotatable bonds is 6. The summed E-state index contributed by atoms with van der Waals surface area (Å²) in [5.41, 5.74) is 0.908. The van der Waals surface area contributed by atoms with Gasteiger partial charge in [0.05, 0.1) is 24.5 Å². The van der Waals surface area contributed by atoms with E-state index in [0.29, 0.717) is 16.4 Å². The molecule has 2 aromatic heterocycles. The van der Waals surface area contributed by atoms with Gasteiger partial charge >= 0.3 is 5.69 Å². The molecule has 0 fully saturated rings. The quantitative estimate of drug-likeness (QED) is 0.476. The highest BCUT2D eigenvalue weighted by Gasteiger charge is 2.20. The van der Waals surface area contributed by atoms with Gasteiger partial charge in [0.2, 0.25) is 5.69 Å². The van der Waals surface area contributed by atoms with Crippen LogP contribution in [0.2, 0.25) is 5.02 Å². The Balaban J connectivity index is 1.78. The Hall–Kier alpha value is -4.04. The first-order valence-corrected chi connectivity index (χ1v) is 10.5. The van der Waals surface area contributed by atoms with Gasteiger partial charge in [-0.25, -0.2) is 4.79 Å². The van der Waals surface area contributed by atoms with Crippen molar-refractivity contribution >= 4 is 17.5 Å². The van der Waals surface area contributed by atoms with Crippen LogP contribution < -0.4 is 16.6 Å². The second-order valence-electron chi connectivity index (χ2n) is 7.40. The van der Waals surface area contributed by atoms with Crippen LogP contribution in [0, 0.1) is 6.92 Å². The topological polar surface area (TPSA) is 98.9 Å². The van der Waals surface area contributed by atoms with Gasteiger partial charge < -0.3 is 5.32 Å². The van der Waals surface area contributed by atoms with Gasteiger partial charge in [0.1, 0.15) is 0 Å². The van der Waals surface area contributed by atoms with E-state index in [1.807, 2.05) is 31.2 Å². The van der Waals surface area contributed by atoms with Crippen LogP contribution in [0.15, 0.2) is 82.5 Å². The summed E-state index contributed by atoms with van der Waals surface area (Å²) in [5.74, 6) is -0.702. The van der Waals surface area contributed by atoms with E-state index in [0.717, 1.165) is 20.4 Å². The Kier molecular flexibility index (Phi) is 6.46. The van der Waals surface area contributed by atoms with Crippen LogP contribution in [-0.2, 0) is 13.1 Å². The number of halogens is 1. The number of pyridine rings is 1. The third-order valence-electron chi connectivity index (χ3n) is 4.93. The van der Waals surface area contributed by atoms with E-state index in [9.17, 15) is 14.4 Å². The maximum atomic E-state index is 13.2. The van der Waals surface area contributed by atoms with E-state index in [2.05, 4.69) is 15.4 Å². The second-order valence-corrected chi connectivity index (χ2v) is 7.84. The number of benzene rings is 2. The summed E-state index contributed by atoms with van der Waals surface area (Å²) < 4.78 is 2.04. The molecule has 1 N–H and O–H groups in total. The molecule has 0 spiro atoms. The van der Waals surface area contributed by atoms with Gasteiger partial charge in [-0.15, -0.1) is 0 Å². The Bertz CT molecular complexity index is 1410. The molecule has 33 heavy (non-hydrogen) atoms. The lowest BCUT2D eigenvalue weighted by molar-refractivity contribution is 0.0940. The molecule has 0 unspecified atom stereocenters. The Morgan fingerprint density at radius 1 is 1.03 bits per heavy atom. The number of carbonyl (C=O) groups excluding carboxylic acids is 1. The summed E-state index contributed by atoms with van der Waals surface area (Å²) in [6.45, 7) is 2.02. The van der Waals surface area contributed by atoms with Crippen molar-refractivity contribution in [1.29, 1.82) is 0 Å². The van der Waals surface area contributed by atoms with Gasteiger partial charge in [-0.2, -0.15) is 9.78 Å². The summed E-state index contributed by atoms with van der Waals surface area (Å²) in [7, 11) is 0.